The number of carbonyl (C=O) groups excluding carboxylic acids is 2. The Hall–Kier alpha value is -1.84. The third-order valence-electron chi connectivity index (χ3n) is 3.73. The van der Waals surface area contributed by atoms with E-state index in [1.54, 1.807) is 0 Å². The predicted molar refractivity (Wildman–Crippen MR) is 73.4 cm³/mol. The van der Waals surface area contributed by atoms with Gasteiger partial charge in [-0.2, -0.15) is 0 Å². The Morgan fingerprint density at radius 3 is 2.32 bits per heavy atom. The minimum atomic E-state index is 0.0165. The summed E-state index contributed by atoms with van der Waals surface area (Å²) in [4.78, 5) is 25.3. The number of nitrogens with zero attached hydrogens (tertiary/aromatic N) is 1. The number of carbonyl (C=O) groups is 2. The van der Waals surface area contributed by atoms with E-state index in [4.69, 9.17) is 0 Å². The second-order valence-corrected chi connectivity index (χ2v) is 5.32. The minimum absolute atomic E-state index is 0.0165. The largest absolute Gasteiger partial charge is 0.371 e. The van der Waals surface area contributed by atoms with Gasteiger partial charge >= 0.3 is 0 Å². The summed E-state index contributed by atoms with van der Waals surface area (Å²) in [6, 6.07) is 8.06. The number of rotatable bonds is 3. The molecule has 4 heteroatoms. The number of piperidine rings is 1. The summed E-state index contributed by atoms with van der Waals surface area (Å²) in [7, 11) is 0. The van der Waals surface area contributed by atoms with Gasteiger partial charge in [-0.05, 0) is 37.1 Å². The topological polar surface area (TPSA) is 49.4 Å². The highest BCUT2D eigenvalue weighted by molar-refractivity contribution is 5.95. The third-order valence-corrected chi connectivity index (χ3v) is 3.73. The van der Waals surface area contributed by atoms with E-state index in [0.29, 0.717) is 30.2 Å². The molecule has 4 nitrogen and oxygen atoms in total. The lowest BCUT2D eigenvalue weighted by atomic mass is 10.1. The Labute approximate surface area is 112 Å². The molecule has 1 aliphatic heterocycles. The quantitative estimate of drug-likeness (QED) is 0.898. The first-order valence-corrected chi connectivity index (χ1v) is 6.90. The average Bonchev–Trinajstić information content (AvgIpc) is 3.24. The van der Waals surface area contributed by atoms with Crippen LogP contribution in [-0.4, -0.2) is 30.8 Å². The molecule has 2 fully saturated rings. The van der Waals surface area contributed by atoms with Crippen LogP contribution < -0.4 is 10.2 Å². The molecule has 0 spiro atoms. The summed E-state index contributed by atoms with van der Waals surface area (Å²) in [5.74, 6) is 0.361. The molecule has 1 amide bonds. The maximum Gasteiger partial charge on any atom is 0.251 e. The maximum absolute atomic E-state index is 11.9. The van der Waals surface area contributed by atoms with Crippen LogP contribution in [0.2, 0.25) is 0 Å². The van der Waals surface area contributed by atoms with Crippen LogP contribution in [0, 0.1) is 0 Å². The number of hydrogen-bond acceptors (Lipinski definition) is 3. The van der Waals surface area contributed by atoms with Crippen molar-refractivity contribution in [1.29, 1.82) is 0 Å². The van der Waals surface area contributed by atoms with E-state index in [-0.39, 0.29) is 5.91 Å². The van der Waals surface area contributed by atoms with Crippen molar-refractivity contribution in [3.05, 3.63) is 29.8 Å². The predicted octanol–water partition coefficient (Wildman–Crippen LogP) is 1.75. The van der Waals surface area contributed by atoms with Gasteiger partial charge in [-0.3, -0.25) is 9.59 Å². The lowest BCUT2D eigenvalue weighted by Gasteiger charge is -2.28. The van der Waals surface area contributed by atoms with Crippen LogP contribution in [0.5, 0.6) is 0 Å². The van der Waals surface area contributed by atoms with Gasteiger partial charge in [-0.15, -0.1) is 0 Å². The molecule has 2 aliphatic rings. The fourth-order valence-corrected chi connectivity index (χ4v) is 2.33. The highest BCUT2D eigenvalue weighted by Crippen LogP contribution is 2.21. The van der Waals surface area contributed by atoms with Crippen molar-refractivity contribution in [3.8, 4) is 0 Å². The summed E-state index contributed by atoms with van der Waals surface area (Å²) in [6.45, 7) is 1.57. The van der Waals surface area contributed by atoms with E-state index in [9.17, 15) is 9.59 Å². The van der Waals surface area contributed by atoms with Gasteiger partial charge in [0.2, 0.25) is 0 Å². The molecule has 19 heavy (non-hydrogen) atoms. The molecule has 1 aromatic rings. The zero-order chi connectivity index (χ0) is 13.2. The van der Waals surface area contributed by atoms with Crippen LogP contribution in [0.3, 0.4) is 0 Å². The summed E-state index contributed by atoms with van der Waals surface area (Å²) in [6.07, 6.45) is 3.46. The molecule has 1 heterocycles. The first kappa shape index (κ1) is 12.2. The van der Waals surface area contributed by atoms with Crippen molar-refractivity contribution in [1.82, 2.24) is 5.32 Å². The molecule has 0 atom stereocenters. The van der Waals surface area contributed by atoms with Crippen molar-refractivity contribution in [2.45, 2.75) is 31.7 Å². The number of nitrogens with one attached hydrogen (secondary N) is 1. The Morgan fingerprint density at radius 2 is 1.74 bits per heavy atom. The van der Waals surface area contributed by atoms with Crippen molar-refractivity contribution < 1.29 is 9.59 Å². The second kappa shape index (κ2) is 5.03. The fourth-order valence-electron chi connectivity index (χ4n) is 2.33. The SMILES string of the molecule is O=C1CCN(c2ccc(C(=O)NC3CC3)cc2)CC1. The molecule has 1 saturated heterocycles. The number of amides is 1. The molecular formula is C15H18N2O2. The van der Waals surface area contributed by atoms with Crippen molar-refractivity contribution in [2.75, 3.05) is 18.0 Å². The number of Topliss-reactive ketones (excluding diaryl/α,β-unsaturated/α-hetero) is 1. The van der Waals surface area contributed by atoms with Crippen LogP contribution in [0.15, 0.2) is 24.3 Å². The molecular weight excluding hydrogens is 240 g/mol. The van der Waals surface area contributed by atoms with Gasteiger partial charge in [0.25, 0.3) is 5.91 Å². The zero-order valence-electron chi connectivity index (χ0n) is 10.9. The molecule has 0 radical (unpaired) electrons. The van der Waals surface area contributed by atoms with E-state index in [1.807, 2.05) is 24.3 Å². The van der Waals surface area contributed by atoms with E-state index in [0.717, 1.165) is 31.6 Å². The third kappa shape index (κ3) is 2.95. The molecule has 3 rings (SSSR count). The lowest BCUT2D eigenvalue weighted by molar-refractivity contribution is -0.119. The maximum atomic E-state index is 11.9. The monoisotopic (exact) mass is 258 g/mol. The van der Waals surface area contributed by atoms with E-state index in [1.165, 1.54) is 0 Å². The van der Waals surface area contributed by atoms with E-state index < -0.39 is 0 Å². The van der Waals surface area contributed by atoms with Gasteiger partial charge in [0.15, 0.2) is 0 Å². The Balaban J connectivity index is 1.64. The Morgan fingerprint density at radius 1 is 1.11 bits per heavy atom. The Bertz CT molecular complexity index is 481. The van der Waals surface area contributed by atoms with Gasteiger partial charge < -0.3 is 10.2 Å². The van der Waals surface area contributed by atoms with Crippen LogP contribution in [0.4, 0.5) is 5.69 Å². The molecule has 0 unspecified atom stereocenters. The van der Waals surface area contributed by atoms with Gasteiger partial charge in [-0.25, -0.2) is 0 Å². The molecule has 1 aliphatic carbocycles. The van der Waals surface area contributed by atoms with Gasteiger partial charge in [0, 0.05) is 43.2 Å². The van der Waals surface area contributed by atoms with Gasteiger partial charge in [-0.1, -0.05) is 0 Å². The molecule has 0 aromatic heterocycles. The average molecular weight is 258 g/mol. The number of benzene rings is 1. The summed E-state index contributed by atoms with van der Waals surface area (Å²) in [5, 5.41) is 2.98. The molecule has 100 valence electrons. The standard InChI is InChI=1S/C15H18N2O2/c18-14-7-9-17(10-8-14)13-5-1-11(2-6-13)15(19)16-12-3-4-12/h1-2,5-6,12H,3-4,7-10H2,(H,16,19). The second-order valence-electron chi connectivity index (χ2n) is 5.32. The summed E-state index contributed by atoms with van der Waals surface area (Å²) < 4.78 is 0. The molecule has 1 saturated carbocycles. The Kier molecular flexibility index (Phi) is 3.23. The molecule has 0 bridgehead atoms. The van der Waals surface area contributed by atoms with E-state index >= 15 is 0 Å². The van der Waals surface area contributed by atoms with Crippen molar-refractivity contribution in [3.63, 3.8) is 0 Å². The van der Waals surface area contributed by atoms with Gasteiger partial charge in [0.1, 0.15) is 5.78 Å². The first-order valence-electron chi connectivity index (χ1n) is 6.90. The van der Waals surface area contributed by atoms with Gasteiger partial charge in [0.05, 0.1) is 0 Å². The normalized spacial score (nSPS) is 19.4. The van der Waals surface area contributed by atoms with E-state index in [2.05, 4.69) is 10.2 Å². The van der Waals surface area contributed by atoms with Crippen LogP contribution in [0.1, 0.15) is 36.0 Å². The highest BCUT2D eigenvalue weighted by atomic mass is 16.1. The first-order chi connectivity index (χ1) is 9.22. The fraction of sp³-hybridized carbons (Fsp3) is 0.467. The van der Waals surface area contributed by atoms with Crippen LogP contribution >= 0.6 is 0 Å². The molecule has 1 aromatic carbocycles. The smallest absolute Gasteiger partial charge is 0.251 e. The van der Waals surface area contributed by atoms with Crippen LogP contribution in [0.25, 0.3) is 0 Å². The summed E-state index contributed by atoms with van der Waals surface area (Å²) >= 11 is 0. The van der Waals surface area contributed by atoms with Crippen LogP contribution in [-0.2, 0) is 4.79 Å². The number of anilines is 1. The van der Waals surface area contributed by atoms with Crippen molar-refractivity contribution >= 4 is 17.4 Å². The van der Waals surface area contributed by atoms with Crippen molar-refractivity contribution in [2.24, 2.45) is 0 Å². The summed E-state index contributed by atoms with van der Waals surface area (Å²) in [5.41, 5.74) is 1.80. The lowest BCUT2D eigenvalue weighted by Crippen LogP contribution is -2.33. The zero-order valence-corrected chi connectivity index (χ0v) is 10.9. The highest BCUT2D eigenvalue weighted by Gasteiger charge is 2.24. The number of hydrogen-bond donors (Lipinski definition) is 1. The number of ketones is 1. The molecule has 1 N–H and O–H groups in total. The minimum Gasteiger partial charge on any atom is -0.371 e.